The third kappa shape index (κ3) is 2.30. The van der Waals surface area contributed by atoms with Gasteiger partial charge in [-0.1, -0.05) is 54.6 Å². The minimum Gasteiger partial charge on any atom is -0.316 e. The molecule has 0 fully saturated rings. The lowest BCUT2D eigenvalue weighted by molar-refractivity contribution is 0.133. The maximum Gasteiger partial charge on any atom is 0.0540 e. The SMILES string of the molecule is CC(NO)c1ccc(-c2ccccc2)cc1. The van der Waals surface area contributed by atoms with Gasteiger partial charge in [0.15, 0.2) is 0 Å². The fraction of sp³-hybridized carbons (Fsp3) is 0.143. The van der Waals surface area contributed by atoms with Crippen molar-refractivity contribution in [2.45, 2.75) is 13.0 Å². The molecule has 0 saturated carbocycles. The van der Waals surface area contributed by atoms with E-state index in [2.05, 4.69) is 29.7 Å². The molecule has 2 aromatic carbocycles. The van der Waals surface area contributed by atoms with Crippen molar-refractivity contribution < 1.29 is 5.21 Å². The number of hydrogen-bond donors (Lipinski definition) is 2. The number of hydrogen-bond acceptors (Lipinski definition) is 2. The lowest BCUT2D eigenvalue weighted by atomic mass is 10.0. The average Bonchev–Trinajstić information content (AvgIpc) is 2.39. The largest absolute Gasteiger partial charge is 0.316 e. The molecule has 1 unspecified atom stereocenters. The van der Waals surface area contributed by atoms with Gasteiger partial charge in [-0.15, -0.1) is 0 Å². The highest BCUT2D eigenvalue weighted by atomic mass is 16.5. The van der Waals surface area contributed by atoms with Gasteiger partial charge in [-0.3, -0.25) is 0 Å². The smallest absolute Gasteiger partial charge is 0.0540 e. The molecule has 2 nitrogen and oxygen atoms in total. The van der Waals surface area contributed by atoms with Crippen LogP contribution in [-0.4, -0.2) is 5.21 Å². The molecule has 0 saturated heterocycles. The van der Waals surface area contributed by atoms with Crippen LogP contribution in [0.2, 0.25) is 0 Å². The minimum absolute atomic E-state index is 0.0372. The summed E-state index contributed by atoms with van der Waals surface area (Å²) in [6.07, 6.45) is 0. The number of hydroxylamine groups is 1. The van der Waals surface area contributed by atoms with Crippen molar-refractivity contribution >= 4 is 0 Å². The van der Waals surface area contributed by atoms with Crippen molar-refractivity contribution in [3.05, 3.63) is 60.2 Å². The second kappa shape index (κ2) is 4.92. The van der Waals surface area contributed by atoms with Crippen LogP contribution in [0.3, 0.4) is 0 Å². The Bertz CT molecular complexity index is 436. The third-order valence-electron chi connectivity index (χ3n) is 2.71. The van der Waals surface area contributed by atoms with Gasteiger partial charge >= 0.3 is 0 Å². The second-order valence-electron chi connectivity index (χ2n) is 3.84. The van der Waals surface area contributed by atoms with Crippen LogP contribution >= 0.6 is 0 Å². The molecule has 82 valence electrons. The van der Waals surface area contributed by atoms with Gasteiger partial charge in [-0.05, 0) is 23.6 Å². The molecule has 2 N–H and O–H groups in total. The summed E-state index contributed by atoms with van der Waals surface area (Å²) in [5.74, 6) is 0. The molecule has 1 atom stereocenters. The average molecular weight is 213 g/mol. The number of nitrogens with one attached hydrogen (secondary N) is 1. The summed E-state index contributed by atoms with van der Waals surface area (Å²) in [6.45, 7) is 1.91. The van der Waals surface area contributed by atoms with Crippen LogP contribution in [0.15, 0.2) is 54.6 Å². The maximum atomic E-state index is 8.82. The van der Waals surface area contributed by atoms with Gasteiger partial charge in [-0.25, -0.2) is 0 Å². The molecular weight excluding hydrogens is 198 g/mol. The van der Waals surface area contributed by atoms with Crippen LogP contribution in [0.1, 0.15) is 18.5 Å². The van der Waals surface area contributed by atoms with Crippen molar-refractivity contribution in [2.24, 2.45) is 0 Å². The van der Waals surface area contributed by atoms with Gasteiger partial charge in [0.1, 0.15) is 0 Å². The van der Waals surface area contributed by atoms with E-state index in [1.807, 2.05) is 37.3 Å². The van der Waals surface area contributed by atoms with E-state index in [9.17, 15) is 0 Å². The van der Waals surface area contributed by atoms with Gasteiger partial charge in [0, 0.05) is 0 Å². The molecule has 0 aliphatic rings. The van der Waals surface area contributed by atoms with Crippen LogP contribution in [0.25, 0.3) is 11.1 Å². The molecule has 2 aromatic rings. The molecule has 0 aromatic heterocycles. The highest BCUT2D eigenvalue weighted by Crippen LogP contribution is 2.21. The van der Waals surface area contributed by atoms with Crippen molar-refractivity contribution in [1.29, 1.82) is 0 Å². The predicted octanol–water partition coefficient (Wildman–Crippen LogP) is 3.39. The van der Waals surface area contributed by atoms with Crippen molar-refractivity contribution in [2.75, 3.05) is 0 Å². The summed E-state index contributed by atoms with van der Waals surface area (Å²) in [4.78, 5) is 0. The Morgan fingerprint density at radius 3 is 2.00 bits per heavy atom. The molecule has 0 heterocycles. The molecule has 2 rings (SSSR count). The molecule has 16 heavy (non-hydrogen) atoms. The molecule has 0 spiro atoms. The van der Waals surface area contributed by atoms with Crippen molar-refractivity contribution in [1.82, 2.24) is 5.48 Å². The molecule has 0 aliphatic carbocycles. The summed E-state index contributed by atoms with van der Waals surface area (Å²) in [5, 5.41) is 8.82. The highest BCUT2D eigenvalue weighted by Gasteiger charge is 2.03. The quantitative estimate of drug-likeness (QED) is 0.766. The fourth-order valence-corrected chi connectivity index (χ4v) is 1.67. The minimum atomic E-state index is -0.0372. The summed E-state index contributed by atoms with van der Waals surface area (Å²) in [6, 6.07) is 18.4. The molecule has 0 aliphatic heterocycles. The standard InChI is InChI=1S/C14H15NO/c1-11(15-16)12-7-9-14(10-8-12)13-5-3-2-4-6-13/h2-11,15-16H,1H3. The first kappa shape index (κ1) is 10.9. The Labute approximate surface area is 95.5 Å². The maximum absolute atomic E-state index is 8.82. The zero-order valence-electron chi connectivity index (χ0n) is 9.22. The second-order valence-corrected chi connectivity index (χ2v) is 3.84. The highest BCUT2D eigenvalue weighted by molar-refractivity contribution is 5.63. The first-order valence-corrected chi connectivity index (χ1v) is 5.36. The first-order valence-electron chi connectivity index (χ1n) is 5.36. The van der Waals surface area contributed by atoms with Crippen LogP contribution in [0.5, 0.6) is 0 Å². The van der Waals surface area contributed by atoms with Crippen LogP contribution in [0, 0.1) is 0 Å². The van der Waals surface area contributed by atoms with E-state index < -0.39 is 0 Å². The first-order chi connectivity index (χ1) is 7.81. The number of benzene rings is 2. The Hall–Kier alpha value is -1.64. The van der Waals surface area contributed by atoms with E-state index >= 15 is 0 Å². The summed E-state index contributed by atoms with van der Waals surface area (Å²) < 4.78 is 0. The molecule has 2 heteroatoms. The Balaban J connectivity index is 2.26. The van der Waals surface area contributed by atoms with Gasteiger partial charge in [-0.2, -0.15) is 5.48 Å². The van der Waals surface area contributed by atoms with Crippen LogP contribution in [0.4, 0.5) is 0 Å². The van der Waals surface area contributed by atoms with Gasteiger partial charge in [0.25, 0.3) is 0 Å². The van der Waals surface area contributed by atoms with Crippen LogP contribution in [-0.2, 0) is 0 Å². The predicted molar refractivity (Wildman–Crippen MR) is 65.2 cm³/mol. The Kier molecular flexibility index (Phi) is 3.34. The zero-order valence-corrected chi connectivity index (χ0v) is 9.22. The van der Waals surface area contributed by atoms with Gasteiger partial charge in [0.2, 0.25) is 0 Å². The van der Waals surface area contributed by atoms with E-state index in [4.69, 9.17) is 5.21 Å². The molecular formula is C14H15NO. The lowest BCUT2D eigenvalue weighted by Crippen LogP contribution is -2.12. The normalized spacial score (nSPS) is 12.4. The van der Waals surface area contributed by atoms with E-state index in [0.717, 1.165) is 5.56 Å². The van der Waals surface area contributed by atoms with E-state index in [-0.39, 0.29) is 6.04 Å². The summed E-state index contributed by atoms with van der Waals surface area (Å²) >= 11 is 0. The monoisotopic (exact) mass is 213 g/mol. The van der Waals surface area contributed by atoms with Crippen molar-refractivity contribution in [3.63, 3.8) is 0 Å². The van der Waals surface area contributed by atoms with Gasteiger partial charge < -0.3 is 5.21 Å². The number of rotatable bonds is 3. The fourth-order valence-electron chi connectivity index (χ4n) is 1.67. The topological polar surface area (TPSA) is 32.3 Å². The van der Waals surface area contributed by atoms with E-state index in [1.165, 1.54) is 11.1 Å². The Morgan fingerprint density at radius 1 is 0.875 bits per heavy atom. The van der Waals surface area contributed by atoms with Gasteiger partial charge in [0.05, 0.1) is 6.04 Å². The third-order valence-corrected chi connectivity index (χ3v) is 2.71. The lowest BCUT2D eigenvalue weighted by Gasteiger charge is -2.10. The Morgan fingerprint density at radius 2 is 1.44 bits per heavy atom. The van der Waals surface area contributed by atoms with E-state index in [0.29, 0.717) is 0 Å². The summed E-state index contributed by atoms with van der Waals surface area (Å²) in [7, 11) is 0. The van der Waals surface area contributed by atoms with Crippen LogP contribution < -0.4 is 5.48 Å². The zero-order chi connectivity index (χ0) is 11.4. The van der Waals surface area contributed by atoms with E-state index in [1.54, 1.807) is 0 Å². The molecule has 0 amide bonds. The molecule has 0 radical (unpaired) electrons. The van der Waals surface area contributed by atoms with Crippen molar-refractivity contribution in [3.8, 4) is 11.1 Å². The summed E-state index contributed by atoms with van der Waals surface area (Å²) in [5.41, 5.74) is 5.71. The molecule has 0 bridgehead atoms.